The highest BCUT2D eigenvalue weighted by Crippen LogP contribution is 2.37. The molecule has 0 saturated heterocycles. The number of thiazole rings is 1. The molecule has 0 aliphatic rings. The first-order chi connectivity index (χ1) is 9.56. The van der Waals surface area contributed by atoms with Gasteiger partial charge < -0.3 is 10.1 Å². The summed E-state index contributed by atoms with van der Waals surface area (Å²) in [5.41, 5.74) is 2.14. The van der Waals surface area contributed by atoms with Crippen LogP contribution in [0.3, 0.4) is 0 Å². The van der Waals surface area contributed by atoms with Crippen molar-refractivity contribution in [3.05, 3.63) is 33.8 Å². The number of halogens is 1. The standard InChI is InChI=1S/C15H19ClN2OS/c1-9(2)14-13(8-17-3)20-15(18-14)11-6-5-10(16)7-12(11)19-4/h5-7,9,17H,8H2,1-4H3. The monoisotopic (exact) mass is 310 g/mol. The van der Waals surface area contributed by atoms with Crippen molar-refractivity contribution in [1.82, 2.24) is 10.3 Å². The fourth-order valence-corrected chi connectivity index (χ4v) is 3.48. The van der Waals surface area contributed by atoms with Gasteiger partial charge in [-0.2, -0.15) is 0 Å². The predicted octanol–water partition coefficient (Wildman–Crippen LogP) is 4.31. The molecule has 0 bridgehead atoms. The number of methoxy groups -OCH3 is 1. The molecule has 2 aromatic rings. The smallest absolute Gasteiger partial charge is 0.130 e. The molecule has 0 unspecified atom stereocenters. The van der Waals surface area contributed by atoms with Gasteiger partial charge in [0.05, 0.1) is 18.4 Å². The second-order valence-electron chi connectivity index (χ2n) is 4.86. The van der Waals surface area contributed by atoms with Crippen LogP contribution >= 0.6 is 22.9 Å². The Morgan fingerprint density at radius 2 is 2.15 bits per heavy atom. The van der Waals surface area contributed by atoms with E-state index in [0.29, 0.717) is 10.9 Å². The molecule has 20 heavy (non-hydrogen) atoms. The summed E-state index contributed by atoms with van der Waals surface area (Å²) in [4.78, 5) is 6.06. The Hall–Kier alpha value is -1.10. The maximum atomic E-state index is 6.01. The molecule has 0 radical (unpaired) electrons. The predicted molar refractivity (Wildman–Crippen MR) is 86.0 cm³/mol. The van der Waals surface area contributed by atoms with E-state index in [1.165, 1.54) is 4.88 Å². The number of ether oxygens (including phenoxy) is 1. The first kappa shape index (κ1) is 15.3. The molecule has 0 saturated carbocycles. The zero-order valence-electron chi connectivity index (χ0n) is 12.2. The molecular formula is C15H19ClN2OS. The van der Waals surface area contributed by atoms with E-state index < -0.39 is 0 Å². The topological polar surface area (TPSA) is 34.1 Å². The Labute approximate surface area is 129 Å². The number of nitrogens with zero attached hydrogens (tertiary/aromatic N) is 1. The molecule has 1 heterocycles. The van der Waals surface area contributed by atoms with E-state index in [-0.39, 0.29) is 0 Å². The normalized spacial score (nSPS) is 11.1. The summed E-state index contributed by atoms with van der Waals surface area (Å²) in [7, 11) is 3.60. The Balaban J connectivity index is 2.50. The highest BCUT2D eigenvalue weighted by Gasteiger charge is 2.17. The van der Waals surface area contributed by atoms with Gasteiger partial charge in [-0.05, 0) is 31.2 Å². The third-order valence-corrected chi connectivity index (χ3v) is 4.35. The fourth-order valence-electron chi connectivity index (χ4n) is 2.06. The Bertz CT molecular complexity index is 596. The summed E-state index contributed by atoms with van der Waals surface area (Å²) in [5, 5.41) is 4.85. The molecular weight excluding hydrogens is 292 g/mol. The van der Waals surface area contributed by atoms with Gasteiger partial charge in [0, 0.05) is 16.4 Å². The third-order valence-electron chi connectivity index (χ3n) is 3.01. The molecule has 0 aliphatic heterocycles. The second kappa shape index (κ2) is 6.57. The maximum Gasteiger partial charge on any atom is 0.130 e. The molecule has 0 fully saturated rings. The van der Waals surface area contributed by atoms with Crippen molar-refractivity contribution in [3.8, 4) is 16.3 Å². The van der Waals surface area contributed by atoms with Crippen LogP contribution in [0.4, 0.5) is 0 Å². The Morgan fingerprint density at radius 1 is 1.40 bits per heavy atom. The van der Waals surface area contributed by atoms with Crippen molar-refractivity contribution in [2.45, 2.75) is 26.3 Å². The van der Waals surface area contributed by atoms with Gasteiger partial charge >= 0.3 is 0 Å². The minimum absolute atomic E-state index is 0.404. The first-order valence-electron chi connectivity index (χ1n) is 6.55. The molecule has 0 amide bonds. The largest absolute Gasteiger partial charge is 0.496 e. The Kier molecular flexibility index (Phi) is 5.02. The lowest BCUT2D eigenvalue weighted by atomic mass is 10.1. The van der Waals surface area contributed by atoms with E-state index in [9.17, 15) is 0 Å². The van der Waals surface area contributed by atoms with Crippen LogP contribution in [-0.2, 0) is 6.54 Å². The van der Waals surface area contributed by atoms with Crippen molar-refractivity contribution in [1.29, 1.82) is 0 Å². The summed E-state index contributed by atoms with van der Waals surface area (Å²) < 4.78 is 5.42. The van der Waals surface area contributed by atoms with E-state index in [2.05, 4.69) is 19.2 Å². The van der Waals surface area contributed by atoms with Gasteiger partial charge in [0.25, 0.3) is 0 Å². The van der Waals surface area contributed by atoms with E-state index in [1.807, 2.05) is 25.2 Å². The van der Waals surface area contributed by atoms with Crippen molar-refractivity contribution < 1.29 is 4.74 Å². The van der Waals surface area contributed by atoms with Gasteiger partial charge in [-0.1, -0.05) is 25.4 Å². The van der Waals surface area contributed by atoms with Crippen LogP contribution in [0, 0.1) is 0 Å². The highest BCUT2D eigenvalue weighted by atomic mass is 35.5. The molecule has 108 valence electrons. The number of nitrogens with one attached hydrogen (secondary N) is 1. The summed E-state index contributed by atoms with van der Waals surface area (Å²) in [5.74, 6) is 1.17. The van der Waals surface area contributed by atoms with Crippen molar-refractivity contribution in [2.24, 2.45) is 0 Å². The average Bonchev–Trinajstić information content (AvgIpc) is 2.83. The van der Waals surface area contributed by atoms with Gasteiger partial charge in [-0.15, -0.1) is 11.3 Å². The number of rotatable bonds is 5. The summed E-state index contributed by atoms with van der Waals surface area (Å²) >= 11 is 7.72. The van der Waals surface area contributed by atoms with Crippen molar-refractivity contribution >= 4 is 22.9 Å². The molecule has 1 N–H and O–H groups in total. The lowest BCUT2D eigenvalue weighted by molar-refractivity contribution is 0.416. The van der Waals surface area contributed by atoms with Crippen LogP contribution < -0.4 is 10.1 Å². The quantitative estimate of drug-likeness (QED) is 0.893. The average molecular weight is 311 g/mol. The zero-order valence-corrected chi connectivity index (χ0v) is 13.7. The van der Waals surface area contributed by atoms with E-state index in [1.54, 1.807) is 18.4 Å². The molecule has 0 atom stereocenters. The van der Waals surface area contributed by atoms with Gasteiger partial charge in [-0.25, -0.2) is 4.98 Å². The van der Waals surface area contributed by atoms with Gasteiger partial charge in [0.2, 0.25) is 0 Å². The minimum Gasteiger partial charge on any atom is -0.496 e. The molecule has 5 heteroatoms. The molecule has 1 aromatic heterocycles. The number of hydrogen-bond acceptors (Lipinski definition) is 4. The summed E-state index contributed by atoms with van der Waals surface area (Å²) in [6.45, 7) is 5.16. The fraction of sp³-hybridized carbons (Fsp3) is 0.400. The lowest BCUT2D eigenvalue weighted by Crippen LogP contribution is -2.06. The van der Waals surface area contributed by atoms with E-state index in [0.717, 1.165) is 28.6 Å². The van der Waals surface area contributed by atoms with Gasteiger partial charge in [0.1, 0.15) is 10.8 Å². The second-order valence-corrected chi connectivity index (χ2v) is 6.38. The van der Waals surface area contributed by atoms with Crippen molar-refractivity contribution in [2.75, 3.05) is 14.2 Å². The van der Waals surface area contributed by atoms with Crippen LogP contribution in [0.1, 0.15) is 30.3 Å². The molecule has 0 aliphatic carbocycles. The Morgan fingerprint density at radius 3 is 2.75 bits per heavy atom. The molecule has 3 nitrogen and oxygen atoms in total. The number of hydrogen-bond donors (Lipinski definition) is 1. The van der Waals surface area contributed by atoms with Crippen LogP contribution in [0.2, 0.25) is 5.02 Å². The maximum absolute atomic E-state index is 6.01. The highest BCUT2D eigenvalue weighted by molar-refractivity contribution is 7.15. The summed E-state index contributed by atoms with van der Waals surface area (Å²) in [6, 6.07) is 5.66. The first-order valence-corrected chi connectivity index (χ1v) is 7.74. The van der Waals surface area contributed by atoms with Crippen molar-refractivity contribution in [3.63, 3.8) is 0 Å². The molecule has 2 rings (SSSR count). The van der Waals surface area contributed by atoms with Gasteiger partial charge in [-0.3, -0.25) is 0 Å². The minimum atomic E-state index is 0.404. The molecule has 1 aromatic carbocycles. The van der Waals surface area contributed by atoms with E-state index in [4.69, 9.17) is 21.3 Å². The van der Waals surface area contributed by atoms with Crippen LogP contribution in [0.15, 0.2) is 18.2 Å². The molecule has 0 spiro atoms. The van der Waals surface area contributed by atoms with Crippen LogP contribution in [0.5, 0.6) is 5.75 Å². The van der Waals surface area contributed by atoms with E-state index >= 15 is 0 Å². The van der Waals surface area contributed by atoms with Crippen LogP contribution in [0.25, 0.3) is 10.6 Å². The SMILES string of the molecule is CNCc1sc(-c2ccc(Cl)cc2OC)nc1C(C)C. The zero-order chi connectivity index (χ0) is 14.7. The number of aromatic nitrogens is 1. The van der Waals surface area contributed by atoms with Gasteiger partial charge in [0.15, 0.2) is 0 Å². The third kappa shape index (κ3) is 3.14. The summed E-state index contributed by atoms with van der Waals surface area (Å²) in [6.07, 6.45) is 0. The number of benzene rings is 1. The lowest BCUT2D eigenvalue weighted by Gasteiger charge is -2.06. The van der Waals surface area contributed by atoms with Crippen LogP contribution in [-0.4, -0.2) is 19.1 Å².